The molecule has 86 valence electrons. The highest BCUT2D eigenvalue weighted by atomic mass is 35.5. The summed E-state index contributed by atoms with van der Waals surface area (Å²) in [6.07, 6.45) is 1.85. The molecule has 0 bridgehead atoms. The first-order chi connectivity index (χ1) is 8.18. The number of hydrogen-bond acceptors (Lipinski definition) is 2. The Balaban J connectivity index is 2.27. The molecule has 2 aromatic rings. The molecule has 1 aromatic heterocycles. The average Bonchev–Trinajstić information content (AvgIpc) is 2.30. The van der Waals surface area contributed by atoms with E-state index in [1.54, 1.807) is 36.5 Å². The Bertz CT molecular complexity index is 520. The largest absolute Gasteiger partial charge is 0.294 e. The van der Waals surface area contributed by atoms with Crippen LogP contribution in [0.4, 0.5) is 0 Å². The van der Waals surface area contributed by atoms with E-state index in [-0.39, 0.29) is 12.2 Å². The summed E-state index contributed by atoms with van der Waals surface area (Å²) in [4.78, 5) is 16.1. The van der Waals surface area contributed by atoms with Gasteiger partial charge in [0.25, 0.3) is 0 Å². The quantitative estimate of drug-likeness (QED) is 0.790. The van der Waals surface area contributed by atoms with Crippen LogP contribution in [0.2, 0.25) is 10.0 Å². The van der Waals surface area contributed by atoms with Crippen molar-refractivity contribution in [3.63, 3.8) is 0 Å². The first kappa shape index (κ1) is 12.1. The molecule has 0 aliphatic heterocycles. The van der Waals surface area contributed by atoms with Crippen molar-refractivity contribution < 1.29 is 4.79 Å². The number of benzene rings is 1. The van der Waals surface area contributed by atoms with Crippen LogP contribution in [0.5, 0.6) is 0 Å². The van der Waals surface area contributed by atoms with Crippen molar-refractivity contribution in [2.24, 2.45) is 0 Å². The number of aromatic nitrogens is 1. The second kappa shape index (κ2) is 5.30. The fourth-order valence-electron chi connectivity index (χ4n) is 1.52. The van der Waals surface area contributed by atoms with Crippen molar-refractivity contribution in [1.82, 2.24) is 4.98 Å². The minimum Gasteiger partial charge on any atom is -0.294 e. The zero-order valence-corrected chi connectivity index (χ0v) is 10.4. The maximum Gasteiger partial charge on any atom is 0.171 e. The highest BCUT2D eigenvalue weighted by Crippen LogP contribution is 2.25. The van der Waals surface area contributed by atoms with Crippen molar-refractivity contribution in [2.75, 3.05) is 0 Å². The Kier molecular flexibility index (Phi) is 3.77. The van der Waals surface area contributed by atoms with Gasteiger partial charge in [0.2, 0.25) is 0 Å². The molecule has 0 saturated heterocycles. The van der Waals surface area contributed by atoms with Gasteiger partial charge >= 0.3 is 0 Å². The van der Waals surface area contributed by atoms with Gasteiger partial charge < -0.3 is 0 Å². The van der Waals surface area contributed by atoms with Crippen LogP contribution in [0, 0.1) is 0 Å². The number of pyridine rings is 1. The van der Waals surface area contributed by atoms with Gasteiger partial charge in [-0.1, -0.05) is 35.3 Å². The fourth-order valence-corrected chi connectivity index (χ4v) is 2.13. The van der Waals surface area contributed by atoms with E-state index in [0.717, 1.165) is 0 Å². The van der Waals surface area contributed by atoms with Crippen LogP contribution in [0.25, 0.3) is 0 Å². The number of nitrogens with zero attached hydrogens (tertiary/aromatic N) is 1. The molecule has 0 N–H and O–H groups in total. The van der Waals surface area contributed by atoms with Gasteiger partial charge in [0.1, 0.15) is 0 Å². The van der Waals surface area contributed by atoms with Gasteiger partial charge in [0.05, 0.1) is 22.0 Å². The number of ketones is 1. The summed E-state index contributed by atoms with van der Waals surface area (Å²) in [5.41, 5.74) is 1.06. The minimum atomic E-state index is -0.126. The molecule has 4 heteroatoms. The molecule has 0 fully saturated rings. The molecule has 17 heavy (non-hydrogen) atoms. The fraction of sp³-hybridized carbons (Fsp3) is 0.0769. The molecule has 2 nitrogen and oxygen atoms in total. The molecule has 0 atom stereocenters. The number of Topliss-reactive ketones (excluding diaryl/α,β-unsaturated/α-hetero) is 1. The standard InChI is InChI=1S/C13H9Cl2NO/c14-10-5-3-6-11(15)13(10)12(17)8-9-4-1-2-7-16-9/h1-7H,8H2. The predicted octanol–water partition coefficient (Wildman–Crippen LogP) is 3.81. The third kappa shape index (κ3) is 2.84. The summed E-state index contributed by atoms with van der Waals surface area (Å²) in [6, 6.07) is 10.4. The van der Waals surface area contributed by atoms with E-state index in [1.165, 1.54) is 0 Å². The zero-order chi connectivity index (χ0) is 12.3. The molecule has 2 rings (SSSR count). The van der Waals surface area contributed by atoms with Crippen molar-refractivity contribution in [3.05, 3.63) is 63.9 Å². The summed E-state index contributed by atoms with van der Waals surface area (Å²) in [7, 11) is 0. The van der Waals surface area contributed by atoms with Gasteiger partial charge in [-0.15, -0.1) is 0 Å². The Morgan fingerprint density at radius 2 is 1.76 bits per heavy atom. The first-order valence-corrected chi connectivity index (χ1v) is 5.81. The molecular formula is C13H9Cl2NO. The van der Waals surface area contributed by atoms with E-state index in [0.29, 0.717) is 21.3 Å². The second-order valence-corrected chi connectivity index (χ2v) is 4.33. The van der Waals surface area contributed by atoms with Crippen LogP contribution in [0.15, 0.2) is 42.6 Å². The van der Waals surface area contributed by atoms with Gasteiger partial charge in [0.15, 0.2) is 5.78 Å². The monoisotopic (exact) mass is 265 g/mol. The smallest absolute Gasteiger partial charge is 0.171 e. The van der Waals surface area contributed by atoms with Crippen molar-refractivity contribution in [1.29, 1.82) is 0 Å². The lowest BCUT2D eigenvalue weighted by Gasteiger charge is -2.05. The number of halogens is 2. The molecule has 0 amide bonds. The average molecular weight is 266 g/mol. The van der Waals surface area contributed by atoms with Crippen LogP contribution >= 0.6 is 23.2 Å². The maximum absolute atomic E-state index is 12.0. The molecular weight excluding hydrogens is 257 g/mol. The molecule has 0 radical (unpaired) electrons. The molecule has 1 heterocycles. The van der Waals surface area contributed by atoms with Crippen molar-refractivity contribution >= 4 is 29.0 Å². The molecule has 1 aromatic carbocycles. The summed E-state index contributed by atoms with van der Waals surface area (Å²) in [5, 5.41) is 0.747. The molecule has 0 unspecified atom stereocenters. The van der Waals surface area contributed by atoms with Crippen LogP contribution in [-0.4, -0.2) is 10.8 Å². The van der Waals surface area contributed by atoms with Gasteiger partial charge in [-0.05, 0) is 24.3 Å². The lowest BCUT2D eigenvalue weighted by molar-refractivity contribution is 0.0992. The van der Waals surface area contributed by atoms with E-state index in [9.17, 15) is 4.79 Å². The van der Waals surface area contributed by atoms with E-state index in [4.69, 9.17) is 23.2 Å². The summed E-state index contributed by atoms with van der Waals surface area (Å²) in [6.45, 7) is 0. The van der Waals surface area contributed by atoms with Crippen LogP contribution in [-0.2, 0) is 6.42 Å². The third-order valence-corrected chi connectivity index (χ3v) is 2.94. The Morgan fingerprint density at radius 3 is 2.35 bits per heavy atom. The predicted molar refractivity (Wildman–Crippen MR) is 68.7 cm³/mol. The van der Waals surface area contributed by atoms with Crippen molar-refractivity contribution in [3.8, 4) is 0 Å². The summed E-state index contributed by atoms with van der Waals surface area (Å²) in [5.74, 6) is -0.126. The van der Waals surface area contributed by atoms with E-state index >= 15 is 0 Å². The molecule has 0 spiro atoms. The minimum absolute atomic E-state index is 0.126. The summed E-state index contributed by atoms with van der Waals surface area (Å²) >= 11 is 11.9. The summed E-state index contributed by atoms with van der Waals surface area (Å²) < 4.78 is 0. The topological polar surface area (TPSA) is 30.0 Å². The highest BCUT2D eigenvalue weighted by molar-refractivity contribution is 6.39. The maximum atomic E-state index is 12.0. The normalized spacial score (nSPS) is 10.2. The lowest BCUT2D eigenvalue weighted by Crippen LogP contribution is -2.06. The van der Waals surface area contributed by atoms with Crippen LogP contribution < -0.4 is 0 Å². The van der Waals surface area contributed by atoms with Gasteiger partial charge in [-0.2, -0.15) is 0 Å². The molecule has 0 saturated carbocycles. The van der Waals surface area contributed by atoms with E-state index in [2.05, 4.69) is 4.98 Å². The number of hydrogen-bond donors (Lipinski definition) is 0. The number of carbonyl (C=O) groups excluding carboxylic acids is 1. The van der Waals surface area contributed by atoms with E-state index in [1.807, 2.05) is 6.07 Å². The van der Waals surface area contributed by atoms with Gasteiger partial charge in [0, 0.05) is 11.9 Å². The molecule has 0 aliphatic carbocycles. The van der Waals surface area contributed by atoms with Crippen LogP contribution in [0.3, 0.4) is 0 Å². The Labute approximate surface area is 109 Å². The number of rotatable bonds is 3. The van der Waals surface area contributed by atoms with E-state index < -0.39 is 0 Å². The SMILES string of the molecule is O=C(Cc1ccccn1)c1c(Cl)cccc1Cl. The van der Waals surface area contributed by atoms with Crippen LogP contribution in [0.1, 0.15) is 16.1 Å². The van der Waals surface area contributed by atoms with Crippen molar-refractivity contribution in [2.45, 2.75) is 6.42 Å². The Hall–Kier alpha value is -1.38. The van der Waals surface area contributed by atoms with Gasteiger partial charge in [-0.25, -0.2) is 0 Å². The lowest BCUT2D eigenvalue weighted by atomic mass is 10.1. The third-order valence-electron chi connectivity index (χ3n) is 2.31. The number of carbonyl (C=O) groups is 1. The zero-order valence-electron chi connectivity index (χ0n) is 8.86. The molecule has 0 aliphatic rings. The Morgan fingerprint density at radius 1 is 1.06 bits per heavy atom. The van der Waals surface area contributed by atoms with Gasteiger partial charge in [-0.3, -0.25) is 9.78 Å². The second-order valence-electron chi connectivity index (χ2n) is 3.52. The first-order valence-electron chi connectivity index (χ1n) is 5.05. The highest BCUT2D eigenvalue weighted by Gasteiger charge is 2.15.